The van der Waals surface area contributed by atoms with Gasteiger partial charge in [0.1, 0.15) is 11.2 Å². The molecule has 4 nitrogen and oxygen atoms in total. The monoisotopic (exact) mass is 906 g/mol. The summed E-state index contributed by atoms with van der Waals surface area (Å²) in [5.41, 5.74) is 20.0. The molecule has 1 aliphatic carbocycles. The average molecular weight is 907 g/mol. The van der Waals surface area contributed by atoms with E-state index in [2.05, 4.69) is 240 Å². The van der Waals surface area contributed by atoms with Crippen molar-refractivity contribution in [2.24, 2.45) is 0 Å². The van der Waals surface area contributed by atoms with E-state index in [9.17, 15) is 0 Å². The van der Waals surface area contributed by atoms with Crippen LogP contribution in [0, 0.1) is 0 Å². The smallest absolute Gasteiger partial charge is 0.152 e. The SMILES string of the molecule is c1ccc(C2(c3ccc(N(c4ccc(-c5cccc6oc7ccccc7c56)cc4)c4cccc(-c5ccc6c(c5)c5cccc7c5n6-c5ccccc5O7)c4)cc3)c3ccccc3-c3ccccc32)cc1. The molecule has 2 aromatic heterocycles. The number of benzene rings is 11. The van der Waals surface area contributed by atoms with E-state index in [0.29, 0.717) is 0 Å². The van der Waals surface area contributed by atoms with Crippen LogP contribution in [0.2, 0.25) is 0 Å². The van der Waals surface area contributed by atoms with Gasteiger partial charge in [0.15, 0.2) is 11.5 Å². The highest BCUT2D eigenvalue weighted by Crippen LogP contribution is 2.56. The van der Waals surface area contributed by atoms with Crippen LogP contribution in [0.1, 0.15) is 22.3 Å². The largest absolute Gasteiger partial charge is 0.456 e. The molecule has 0 amide bonds. The van der Waals surface area contributed by atoms with Crippen LogP contribution in [0.3, 0.4) is 0 Å². The Morgan fingerprint density at radius 2 is 0.958 bits per heavy atom. The minimum absolute atomic E-state index is 0.492. The normalized spacial score (nSPS) is 13.0. The fraction of sp³-hybridized carbons (Fsp3) is 0.0149. The van der Waals surface area contributed by atoms with Gasteiger partial charge < -0.3 is 18.6 Å². The van der Waals surface area contributed by atoms with Gasteiger partial charge in [0.25, 0.3) is 0 Å². The Hall–Kier alpha value is -9.38. The lowest BCUT2D eigenvalue weighted by molar-refractivity contribution is 0.476. The number of anilines is 3. The highest BCUT2D eigenvalue weighted by atomic mass is 16.5. The van der Waals surface area contributed by atoms with Crippen molar-refractivity contribution in [1.82, 2.24) is 4.57 Å². The van der Waals surface area contributed by atoms with Crippen LogP contribution in [0.5, 0.6) is 11.5 Å². The first-order valence-corrected chi connectivity index (χ1v) is 24.3. The zero-order valence-corrected chi connectivity index (χ0v) is 38.5. The lowest BCUT2D eigenvalue weighted by Crippen LogP contribution is -2.28. The van der Waals surface area contributed by atoms with Gasteiger partial charge in [-0.05, 0) is 134 Å². The molecule has 0 unspecified atom stereocenters. The predicted octanol–water partition coefficient (Wildman–Crippen LogP) is 18.0. The summed E-state index contributed by atoms with van der Waals surface area (Å²) >= 11 is 0. The van der Waals surface area contributed by atoms with E-state index in [1.807, 2.05) is 24.3 Å². The first kappa shape index (κ1) is 39.6. The van der Waals surface area contributed by atoms with Gasteiger partial charge in [0.05, 0.1) is 22.1 Å². The molecule has 0 bridgehead atoms. The van der Waals surface area contributed by atoms with Gasteiger partial charge in [-0.3, -0.25) is 0 Å². The fourth-order valence-corrected chi connectivity index (χ4v) is 12.0. The van der Waals surface area contributed by atoms with E-state index < -0.39 is 5.41 Å². The second kappa shape index (κ2) is 15.3. The second-order valence-corrected chi connectivity index (χ2v) is 18.8. The van der Waals surface area contributed by atoms with Crippen molar-refractivity contribution in [3.05, 3.63) is 277 Å². The van der Waals surface area contributed by atoms with Crippen LogP contribution in [0.15, 0.2) is 259 Å². The lowest BCUT2D eigenvalue weighted by Gasteiger charge is -2.34. The molecule has 1 aliphatic heterocycles. The van der Waals surface area contributed by atoms with Crippen LogP contribution in [-0.2, 0) is 5.41 Å². The highest BCUT2D eigenvalue weighted by molar-refractivity contribution is 6.14. The summed E-state index contributed by atoms with van der Waals surface area (Å²) in [6.45, 7) is 0. The van der Waals surface area contributed by atoms with E-state index in [4.69, 9.17) is 9.15 Å². The number of hydrogen-bond acceptors (Lipinski definition) is 3. The summed E-state index contributed by atoms with van der Waals surface area (Å²) in [7, 11) is 0. The van der Waals surface area contributed by atoms with Gasteiger partial charge in [-0.25, -0.2) is 0 Å². The van der Waals surface area contributed by atoms with Crippen LogP contribution in [0.4, 0.5) is 17.1 Å². The van der Waals surface area contributed by atoms with Gasteiger partial charge in [-0.1, -0.05) is 176 Å². The molecule has 0 radical (unpaired) electrons. The number of hydrogen-bond donors (Lipinski definition) is 0. The maximum atomic E-state index is 6.45. The Balaban J connectivity index is 0.889. The van der Waals surface area contributed by atoms with Crippen LogP contribution < -0.4 is 9.64 Å². The minimum Gasteiger partial charge on any atom is -0.456 e. The average Bonchev–Trinajstić information content (AvgIpc) is 4.09. The van der Waals surface area contributed by atoms with Crippen molar-refractivity contribution in [2.75, 3.05) is 4.90 Å². The second-order valence-electron chi connectivity index (χ2n) is 18.8. The lowest BCUT2D eigenvalue weighted by atomic mass is 9.68. The third-order valence-electron chi connectivity index (χ3n) is 15.1. The molecule has 3 heterocycles. The molecule has 4 heteroatoms. The van der Waals surface area contributed by atoms with Gasteiger partial charge in [-0.15, -0.1) is 0 Å². The molecule has 13 aromatic rings. The van der Waals surface area contributed by atoms with Crippen molar-refractivity contribution in [3.63, 3.8) is 0 Å². The first-order valence-electron chi connectivity index (χ1n) is 24.3. The molecule has 15 rings (SSSR count). The Labute approximate surface area is 410 Å². The summed E-state index contributed by atoms with van der Waals surface area (Å²) in [5.74, 6) is 1.74. The molecular weight excluding hydrogens is 865 g/mol. The maximum Gasteiger partial charge on any atom is 0.152 e. The molecule has 0 fully saturated rings. The van der Waals surface area contributed by atoms with Crippen molar-refractivity contribution < 1.29 is 9.15 Å². The molecule has 0 spiro atoms. The molecule has 2 aliphatic rings. The Kier molecular flexibility index (Phi) is 8.54. The van der Waals surface area contributed by atoms with E-state index in [0.717, 1.165) is 89.5 Å². The summed E-state index contributed by atoms with van der Waals surface area (Å²) in [6, 6.07) is 92.4. The number of aromatic nitrogens is 1. The molecule has 71 heavy (non-hydrogen) atoms. The van der Waals surface area contributed by atoms with Gasteiger partial charge in [0.2, 0.25) is 0 Å². The topological polar surface area (TPSA) is 30.5 Å². The zero-order chi connectivity index (χ0) is 46.6. The number of rotatable bonds is 7. The van der Waals surface area contributed by atoms with Crippen molar-refractivity contribution in [3.8, 4) is 50.6 Å². The molecule has 0 saturated heterocycles. The van der Waals surface area contributed by atoms with Gasteiger partial charge in [-0.2, -0.15) is 0 Å². The quantitative estimate of drug-likeness (QED) is 0.160. The Morgan fingerprint density at radius 3 is 1.77 bits per heavy atom. The number of fused-ring (bicyclic) bond motifs is 11. The van der Waals surface area contributed by atoms with E-state index in [-0.39, 0.29) is 0 Å². The summed E-state index contributed by atoms with van der Waals surface area (Å²) < 4.78 is 15.1. The predicted molar refractivity (Wildman–Crippen MR) is 291 cm³/mol. The third kappa shape index (κ3) is 5.79. The summed E-state index contributed by atoms with van der Waals surface area (Å²) in [6.07, 6.45) is 0. The number of para-hydroxylation sites is 4. The summed E-state index contributed by atoms with van der Waals surface area (Å²) in [4.78, 5) is 2.39. The Bertz CT molecular complexity index is 4210. The minimum atomic E-state index is -0.492. The van der Waals surface area contributed by atoms with Crippen molar-refractivity contribution >= 4 is 60.8 Å². The zero-order valence-electron chi connectivity index (χ0n) is 38.5. The molecule has 0 atom stereocenters. The Morgan fingerprint density at radius 1 is 0.366 bits per heavy atom. The van der Waals surface area contributed by atoms with Gasteiger partial charge >= 0.3 is 0 Å². The van der Waals surface area contributed by atoms with Crippen molar-refractivity contribution in [2.45, 2.75) is 5.41 Å². The number of furan rings is 1. The van der Waals surface area contributed by atoms with Crippen LogP contribution in [-0.4, -0.2) is 4.57 Å². The molecular formula is C67H42N2O2. The van der Waals surface area contributed by atoms with Crippen LogP contribution in [0.25, 0.3) is 82.8 Å². The van der Waals surface area contributed by atoms with Crippen molar-refractivity contribution in [1.29, 1.82) is 0 Å². The van der Waals surface area contributed by atoms with Crippen LogP contribution >= 0.6 is 0 Å². The molecule has 0 N–H and O–H groups in total. The van der Waals surface area contributed by atoms with Gasteiger partial charge in [0, 0.05) is 38.6 Å². The van der Waals surface area contributed by atoms with E-state index in [1.165, 1.54) is 44.2 Å². The molecule has 0 saturated carbocycles. The van der Waals surface area contributed by atoms with E-state index >= 15 is 0 Å². The fourth-order valence-electron chi connectivity index (χ4n) is 12.0. The molecule has 332 valence electrons. The standard InChI is InChI=1S/C67H42N2O2/c1-2-16-46(17-3-1)67(57-24-7-4-19-52(57)53-20-5-8-25-58(53)67)47-34-38-49(39-35-47)68(48-36-31-43(32-37-48)51-22-13-29-63-65(51)55-21-6-10-27-61(55)70-63)50-18-12-15-44(41-50)45-33-40-59-56(42-45)54-23-14-30-64-66(54)69(59)60-26-9-11-28-62(60)71-64/h1-42H. The van der Waals surface area contributed by atoms with E-state index in [1.54, 1.807) is 0 Å². The molecule has 11 aromatic carbocycles. The number of ether oxygens (including phenoxy) is 1. The summed E-state index contributed by atoms with van der Waals surface area (Å²) in [5, 5.41) is 4.62. The maximum absolute atomic E-state index is 6.45. The highest BCUT2D eigenvalue weighted by Gasteiger charge is 2.45. The number of nitrogens with zero attached hydrogens (tertiary/aromatic N) is 2. The third-order valence-corrected chi connectivity index (χ3v) is 15.1. The first-order chi connectivity index (χ1) is 35.2.